The molecule has 0 saturated carbocycles. The van der Waals surface area contributed by atoms with Crippen molar-refractivity contribution in [3.63, 3.8) is 0 Å². The largest absolute Gasteiger partial charge is 0.354 e. The summed E-state index contributed by atoms with van der Waals surface area (Å²) in [4.78, 5) is 27.6. The van der Waals surface area contributed by atoms with Crippen LogP contribution in [0, 0.1) is 5.82 Å². The molecule has 0 heterocycles. The lowest BCUT2D eigenvalue weighted by Gasteiger charge is -2.31. The van der Waals surface area contributed by atoms with E-state index in [1.807, 2.05) is 13.8 Å². The first-order chi connectivity index (χ1) is 16.2. The fourth-order valence-electron chi connectivity index (χ4n) is 3.56. The molecule has 2 aromatic carbocycles. The van der Waals surface area contributed by atoms with Gasteiger partial charge in [-0.05, 0) is 49.1 Å². The molecule has 186 valence electrons. The van der Waals surface area contributed by atoms with E-state index in [2.05, 4.69) is 5.32 Å². The molecule has 9 heteroatoms. The summed E-state index contributed by atoms with van der Waals surface area (Å²) in [6.45, 7) is 4.61. The highest BCUT2D eigenvalue weighted by Gasteiger charge is 2.28. The second kappa shape index (κ2) is 13.2. The van der Waals surface area contributed by atoms with E-state index in [4.69, 9.17) is 0 Å². The highest BCUT2D eigenvalue weighted by atomic mass is 32.2. The number of benzene rings is 2. The fourth-order valence-corrected chi connectivity index (χ4v) is 4.79. The zero-order valence-corrected chi connectivity index (χ0v) is 20.9. The Morgan fingerprint density at radius 1 is 1.03 bits per heavy atom. The van der Waals surface area contributed by atoms with Crippen LogP contribution < -0.4 is 5.32 Å². The molecule has 0 radical (unpaired) electrons. The Kier molecular flexibility index (Phi) is 10.7. The van der Waals surface area contributed by atoms with Crippen molar-refractivity contribution in [2.24, 2.45) is 0 Å². The molecule has 34 heavy (non-hydrogen) atoms. The van der Waals surface area contributed by atoms with E-state index >= 15 is 0 Å². The Morgan fingerprint density at radius 2 is 1.68 bits per heavy atom. The number of hydrogen-bond donors (Lipinski definition) is 1. The lowest BCUT2D eigenvalue weighted by atomic mass is 10.1. The van der Waals surface area contributed by atoms with Gasteiger partial charge in [0.05, 0.1) is 4.90 Å². The van der Waals surface area contributed by atoms with Gasteiger partial charge in [0.1, 0.15) is 11.9 Å². The van der Waals surface area contributed by atoms with Crippen LogP contribution in [-0.2, 0) is 26.2 Å². The number of hydrogen-bond acceptors (Lipinski definition) is 4. The van der Waals surface area contributed by atoms with Crippen LogP contribution in [0.4, 0.5) is 4.39 Å². The van der Waals surface area contributed by atoms with Gasteiger partial charge in [0.25, 0.3) is 0 Å². The van der Waals surface area contributed by atoms with E-state index < -0.39 is 16.1 Å². The molecular formula is C25H34FN3O4S. The third kappa shape index (κ3) is 7.63. The highest BCUT2D eigenvalue weighted by molar-refractivity contribution is 7.89. The summed E-state index contributed by atoms with van der Waals surface area (Å²) in [7, 11) is -2.16. The first-order valence-corrected chi connectivity index (χ1v) is 13.0. The van der Waals surface area contributed by atoms with Crippen molar-refractivity contribution >= 4 is 21.8 Å². The first-order valence-electron chi connectivity index (χ1n) is 11.5. The third-order valence-corrected chi connectivity index (χ3v) is 7.39. The quantitative estimate of drug-likeness (QED) is 0.464. The summed E-state index contributed by atoms with van der Waals surface area (Å²) < 4.78 is 40.0. The Labute approximate surface area is 202 Å². The van der Waals surface area contributed by atoms with E-state index in [0.29, 0.717) is 24.9 Å². The molecule has 0 aliphatic carbocycles. The fraction of sp³-hybridized carbons (Fsp3) is 0.440. The molecule has 1 N–H and O–H groups in total. The first kappa shape index (κ1) is 27.5. The molecule has 0 bridgehead atoms. The van der Waals surface area contributed by atoms with E-state index in [9.17, 15) is 22.4 Å². The second-order valence-electron chi connectivity index (χ2n) is 8.11. The number of sulfonamides is 1. The van der Waals surface area contributed by atoms with Crippen molar-refractivity contribution < 1.29 is 22.4 Å². The minimum atomic E-state index is -3.65. The van der Waals surface area contributed by atoms with Gasteiger partial charge in [-0.1, -0.05) is 44.2 Å². The Balaban J connectivity index is 2.10. The van der Waals surface area contributed by atoms with E-state index in [1.165, 1.54) is 40.5 Å². The molecule has 0 aromatic heterocycles. The Hall–Kier alpha value is -2.78. The van der Waals surface area contributed by atoms with E-state index in [-0.39, 0.29) is 42.0 Å². The summed E-state index contributed by atoms with van der Waals surface area (Å²) in [5.74, 6) is -0.867. The van der Waals surface area contributed by atoms with Gasteiger partial charge in [0.15, 0.2) is 0 Å². The van der Waals surface area contributed by atoms with Crippen LogP contribution in [0.5, 0.6) is 0 Å². The SMILES string of the molecule is CCCNC(=O)[C@H](CC)N(Cc1ccc(F)cc1)C(=O)CCCN(C)S(=O)(=O)c1ccccc1. The molecule has 2 amide bonds. The zero-order chi connectivity index (χ0) is 25.1. The minimum absolute atomic E-state index is 0.0768. The summed E-state index contributed by atoms with van der Waals surface area (Å²) in [6, 6.07) is 13.3. The second-order valence-corrected chi connectivity index (χ2v) is 10.2. The average Bonchev–Trinajstić information content (AvgIpc) is 2.84. The molecule has 7 nitrogen and oxygen atoms in total. The zero-order valence-electron chi connectivity index (χ0n) is 20.0. The number of nitrogens with zero attached hydrogens (tertiary/aromatic N) is 2. The maximum Gasteiger partial charge on any atom is 0.242 e. The van der Waals surface area contributed by atoms with Crippen LogP contribution in [0.1, 0.15) is 45.1 Å². The summed E-state index contributed by atoms with van der Waals surface area (Å²) >= 11 is 0. The molecular weight excluding hydrogens is 457 g/mol. The summed E-state index contributed by atoms with van der Waals surface area (Å²) in [5.41, 5.74) is 0.709. The number of carbonyl (C=O) groups is 2. The van der Waals surface area contributed by atoms with E-state index in [0.717, 1.165) is 6.42 Å². The molecule has 0 fully saturated rings. The van der Waals surface area contributed by atoms with Crippen molar-refractivity contribution in [1.82, 2.24) is 14.5 Å². The van der Waals surface area contributed by atoms with Crippen LogP contribution in [0.25, 0.3) is 0 Å². The lowest BCUT2D eigenvalue weighted by Crippen LogP contribution is -2.49. The Morgan fingerprint density at radius 3 is 2.26 bits per heavy atom. The standard InChI is InChI=1S/C25H34FN3O4S/c1-4-17-27-25(31)23(5-2)29(19-20-13-15-21(26)16-14-20)24(30)12-9-18-28(3)34(32,33)22-10-7-6-8-11-22/h6-8,10-11,13-16,23H,4-5,9,12,17-19H2,1-3H3,(H,27,31)/t23-/m0/s1. The monoisotopic (exact) mass is 491 g/mol. The number of amides is 2. The predicted octanol–water partition coefficient (Wildman–Crippen LogP) is 3.56. The number of nitrogens with one attached hydrogen (secondary N) is 1. The number of halogens is 1. The molecule has 0 aliphatic heterocycles. The number of carbonyl (C=O) groups excluding carboxylic acids is 2. The third-order valence-electron chi connectivity index (χ3n) is 5.52. The van der Waals surface area contributed by atoms with Crippen molar-refractivity contribution in [1.29, 1.82) is 0 Å². The van der Waals surface area contributed by atoms with Gasteiger partial charge in [-0.15, -0.1) is 0 Å². The molecule has 0 aliphatic rings. The van der Waals surface area contributed by atoms with Crippen LogP contribution in [0.2, 0.25) is 0 Å². The van der Waals surface area contributed by atoms with Crippen molar-refractivity contribution in [2.45, 2.75) is 57.0 Å². The van der Waals surface area contributed by atoms with Crippen molar-refractivity contribution in [2.75, 3.05) is 20.1 Å². The molecule has 0 unspecified atom stereocenters. The van der Waals surface area contributed by atoms with Crippen LogP contribution in [-0.4, -0.2) is 55.6 Å². The average molecular weight is 492 g/mol. The summed E-state index contributed by atoms with van der Waals surface area (Å²) in [6.07, 6.45) is 1.57. The van der Waals surface area contributed by atoms with Crippen molar-refractivity contribution in [3.8, 4) is 0 Å². The normalized spacial score (nSPS) is 12.4. The molecule has 2 aromatic rings. The van der Waals surface area contributed by atoms with Gasteiger partial charge < -0.3 is 10.2 Å². The molecule has 2 rings (SSSR count). The lowest BCUT2D eigenvalue weighted by molar-refractivity contribution is -0.141. The van der Waals surface area contributed by atoms with Gasteiger partial charge in [-0.25, -0.2) is 17.1 Å². The van der Waals surface area contributed by atoms with Crippen LogP contribution in [0.3, 0.4) is 0 Å². The van der Waals surface area contributed by atoms with Gasteiger partial charge in [-0.3, -0.25) is 9.59 Å². The topological polar surface area (TPSA) is 86.8 Å². The van der Waals surface area contributed by atoms with Gasteiger partial charge in [-0.2, -0.15) is 0 Å². The van der Waals surface area contributed by atoms with Gasteiger partial charge >= 0.3 is 0 Å². The Bertz CT molecular complexity index is 1030. The molecule has 0 saturated heterocycles. The van der Waals surface area contributed by atoms with Crippen molar-refractivity contribution in [3.05, 3.63) is 66.0 Å². The van der Waals surface area contributed by atoms with Crippen LogP contribution >= 0.6 is 0 Å². The minimum Gasteiger partial charge on any atom is -0.354 e. The molecule has 0 spiro atoms. The number of rotatable bonds is 13. The molecule has 1 atom stereocenters. The van der Waals surface area contributed by atoms with Crippen LogP contribution in [0.15, 0.2) is 59.5 Å². The highest BCUT2D eigenvalue weighted by Crippen LogP contribution is 2.17. The smallest absolute Gasteiger partial charge is 0.242 e. The maximum atomic E-state index is 13.3. The summed E-state index contributed by atoms with van der Waals surface area (Å²) in [5, 5.41) is 2.85. The van der Waals surface area contributed by atoms with Gasteiger partial charge in [0.2, 0.25) is 21.8 Å². The predicted molar refractivity (Wildman–Crippen MR) is 130 cm³/mol. The maximum absolute atomic E-state index is 13.3. The van der Waals surface area contributed by atoms with E-state index in [1.54, 1.807) is 30.3 Å². The van der Waals surface area contributed by atoms with Gasteiger partial charge in [0, 0.05) is 33.1 Å².